The Labute approximate surface area is 187 Å². The Morgan fingerprint density at radius 1 is 1.06 bits per heavy atom. The first-order valence-corrected chi connectivity index (χ1v) is 11.8. The fourth-order valence-corrected chi connectivity index (χ4v) is 4.37. The van der Waals surface area contributed by atoms with Gasteiger partial charge in [-0.15, -0.1) is 0 Å². The summed E-state index contributed by atoms with van der Waals surface area (Å²) in [6.45, 7) is 9.64. The molecule has 2 heterocycles. The Hall–Kier alpha value is -2.12. The zero-order valence-electron chi connectivity index (χ0n) is 19.6. The van der Waals surface area contributed by atoms with Crippen LogP contribution in [0.4, 0.5) is 0 Å². The zero-order chi connectivity index (χ0) is 22.1. The minimum Gasteiger partial charge on any atom is -0.355 e. The Kier molecular flexibility index (Phi) is 9.15. The van der Waals surface area contributed by atoms with Gasteiger partial charge in [0.05, 0.1) is 13.1 Å². The van der Waals surface area contributed by atoms with Gasteiger partial charge in [0.25, 0.3) is 0 Å². The standard InChI is InChI=1S/C24H40N6O/c1-4-30-15-7-8-22(30)17-26-24(27-18-23(31)28(2)3)25-16-20-9-11-21(12-10-20)19-29-13-5-6-14-29/h9-12,22H,4-8,13-19H2,1-3H3,(H2,25,26,27). The second-order valence-corrected chi connectivity index (χ2v) is 8.91. The Morgan fingerprint density at radius 3 is 2.45 bits per heavy atom. The van der Waals surface area contributed by atoms with Gasteiger partial charge in [-0.1, -0.05) is 31.2 Å². The highest BCUT2D eigenvalue weighted by Gasteiger charge is 2.23. The number of nitrogens with one attached hydrogen (secondary N) is 2. The van der Waals surface area contributed by atoms with Gasteiger partial charge < -0.3 is 15.5 Å². The van der Waals surface area contributed by atoms with Crippen LogP contribution >= 0.6 is 0 Å². The number of nitrogens with zero attached hydrogens (tertiary/aromatic N) is 4. The van der Waals surface area contributed by atoms with Crippen LogP contribution in [0.15, 0.2) is 29.3 Å². The number of hydrogen-bond donors (Lipinski definition) is 2. The van der Waals surface area contributed by atoms with Crippen LogP contribution in [0.1, 0.15) is 43.7 Å². The third-order valence-electron chi connectivity index (χ3n) is 6.36. The van der Waals surface area contributed by atoms with Crippen LogP contribution in [0.2, 0.25) is 0 Å². The van der Waals surface area contributed by atoms with Gasteiger partial charge in [0.2, 0.25) is 5.91 Å². The van der Waals surface area contributed by atoms with Crippen molar-refractivity contribution in [3.63, 3.8) is 0 Å². The third kappa shape index (κ3) is 7.51. The third-order valence-corrected chi connectivity index (χ3v) is 6.36. The smallest absolute Gasteiger partial charge is 0.241 e. The van der Waals surface area contributed by atoms with E-state index in [4.69, 9.17) is 4.99 Å². The van der Waals surface area contributed by atoms with Gasteiger partial charge in [0, 0.05) is 33.2 Å². The van der Waals surface area contributed by atoms with E-state index in [-0.39, 0.29) is 12.5 Å². The van der Waals surface area contributed by atoms with Gasteiger partial charge in [-0.2, -0.15) is 0 Å². The van der Waals surface area contributed by atoms with Gasteiger partial charge in [0.15, 0.2) is 5.96 Å². The number of likely N-dealkylation sites (N-methyl/N-ethyl adjacent to an activating group) is 2. The lowest BCUT2D eigenvalue weighted by Gasteiger charge is -2.24. The van der Waals surface area contributed by atoms with E-state index in [1.165, 1.54) is 56.4 Å². The average molecular weight is 429 g/mol. The quantitative estimate of drug-likeness (QED) is 0.465. The molecule has 2 saturated heterocycles. The summed E-state index contributed by atoms with van der Waals surface area (Å²) in [7, 11) is 3.55. The summed E-state index contributed by atoms with van der Waals surface area (Å²) in [4.78, 5) is 23.4. The fourth-order valence-electron chi connectivity index (χ4n) is 4.37. The van der Waals surface area contributed by atoms with E-state index in [1.54, 1.807) is 19.0 Å². The Morgan fingerprint density at radius 2 is 1.77 bits per heavy atom. The lowest BCUT2D eigenvalue weighted by atomic mass is 10.1. The maximum Gasteiger partial charge on any atom is 0.241 e. The van der Waals surface area contributed by atoms with Crippen molar-refractivity contribution < 1.29 is 4.79 Å². The molecule has 2 aliphatic heterocycles. The summed E-state index contributed by atoms with van der Waals surface area (Å²) >= 11 is 0. The van der Waals surface area contributed by atoms with Crippen molar-refractivity contribution in [2.75, 3.05) is 53.4 Å². The van der Waals surface area contributed by atoms with E-state index >= 15 is 0 Å². The molecule has 0 aromatic heterocycles. The molecule has 0 saturated carbocycles. The predicted molar refractivity (Wildman–Crippen MR) is 127 cm³/mol. The summed E-state index contributed by atoms with van der Waals surface area (Å²) in [5, 5.41) is 6.68. The van der Waals surface area contributed by atoms with Crippen LogP contribution < -0.4 is 10.6 Å². The molecule has 3 rings (SSSR count). The van der Waals surface area contributed by atoms with Crippen molar-refractivity contribution in [1.82, 2.24) is 25.3 Å². The second-order valence-electron chi connectivity index (χ2n) is 8.91. The van der Waals surface area contributed by atoms with Crippen molar-refractivity contribution >= 4 is 11.9 Å². The molecule has 31 heavy (non-hydrogen) atoms. The molecule has 1 amide bonds. The number of hydrogen-bond acceptors (Lipinski definition) is 4. The summed E-state index contributed by atoms with van der Waals surface area (Å²) in [5.41, 5.74) is 2.55. The summed E-state index contributed by atoms with van der Waals surface area (Å²) in [5.74, 6) is 0.746. The maximum absolute atomic E-state index is 12.0. The second kappa shape index (κ2) is 12.1. The molecule has 172 valence electrons. The molecule has 0 bridgehead atoms. The molecule has 7 heteroatoms. The molecule has 1 atom stereocenters. The van der Waals surface area contributed by atoms with Crippen molar-refractivity contribution in [3.8, 4) is 0 Å². The van der Waals surface area contributed by atoms with Crippen molar-refractivity contribution in [1.29, 1.82) is 0 Å². The van der Waals surface area contributed by atoms with E-state index < -0.39 is 0 Å². The van der Waals surface area contributed by atoms with Gasteiger partial charge in [-0.25, -0.2) is 4.99 Å². The predicted octanol–water partition coefficient (Wildman–Crippen LogP) is 1.89. The highest BCUT2D eigenvalue weighted by molar-refractivity contribution is 5.86. The molecular weight excluding hydrogens is 388 g/mol. The number of carbonyl (C=O) groups is 1. The van der Waals surface area contributed by atoms with Crippen LogP contribution in [0.3, 0.4) is 0 Å². The van der Waals surface area contributed by atoms with Crippen molar-refractivity contribution in [2.45, 2.75) is 51.7 Å². The van der Waals surface area contributed by atoms with Crippen LogP contribution in [-0.4, -0.2) is 86.0 Å². The lowest BCUT2D eigenvalue weighted by molar-refractivity contribution is -0.127. The molecule has 1 aromatic rings. The number of guanidine groups is 1. The Bertz CT molecular complexity index is 711. The number of carbonyl (C=O) groups excluding carboxylic acids is 1. The molecule has 0 spiro atoms. The molecule has 0 aliphatic carbocycles. The molecule has 0 radical (unpaired) electrons. The number of benzene rings is 1. The minimum atomic E-state index is 0.0387. The lowest BCUT2D eigenvalue weighted by Crippen LogP contribution is -2.47. The number of amides is 1. The van der Waals surface area contributed by atoms with Gasteiger partial charge >= 0.3 is 0 Å². The average Bonchev–Trinajstić information content (AvgIpc) is 3.45. The van der Waals surface area contributed by atoms with Crippen LogP contribution in [0, 0.1) is 0 Å². The van der Waals surface area contributed by atoms with Crippen molar-refractivity contribution in [2.24, 2.45) is 4.99 Å². The zero-order valence-corrected chi connectivity index (χ0v) is 19.6. The molecule has 2 aliphatic rings. The topological polar surface area (TPSA) is 63.2 Å². The summed E-state index contributed by atoms with van der Waals surface area (Å²) in [6, 6.07) is 9.32. The normalized spacial score (nSPS) is 20.2. The van der Waals surface area contributed by atoms with E-state index in [9.17, 15) is 4.79 Å². The van der Waals surface area contributed by atoms with Crippen molar-refractivity contribution in [3.05, 3.63) is 35.4 Å². The summed E-state index contributed by atoms with van der Waals surface area (Å²) < 4.78 is 0. The number of likely N-dealkylation sites (tertiary alicyclic amines) is 2. The minimum absolute atomic E-state index is 0.0387. The van der Waals surface area contributed by atoms with E-state index in [1.807, 2.05) is 0 Å². The molecular formula is C24H40N6O. The highest BCUT2D eigenvalue weighted by Crippen LogP contribution is 2.16. The SMILES string of the molecule is CCN1CCCC1CNC(=NCc1ccc(CN2CCCC2)cc1)NCC(=O)N(C)C. The maximum atomic E-state index is 12.0. The largest absolute Gasteiger partial charge is 0.355 e. The molecule has 7 nitrogen and oxygen atoms in total. The van der Waals surface area contributed by atoms with Crippen LogP contribution in [0.25, 0.3) is 0 Å². The first-order chi connectivity index (χ1) is 15.0. The Balaban J connectivity index is 1.56. The highest BCUT2D eigenvalue weighted by atomic mass is 16.2. The fraction of sp³-hybridized carbons (Fsp3) is 0.667. The van der Waals surface area contributed by atoms with E-state index in [0.29, 0.717) is 18.5 Å². The molecule has 2 N–H and O–H groups in total. The number of aliphatic imine (C=N–C) groups is 1. The molecule has 1 aromatic carbocycles. The van der Waals surface area contributed by atoms with Crippen LogP contribution in [-0.2, 0) is 17.9 Å². The van der Waals surface area contributed by atoms with Crippen LogP contribution in [0.5, 0.6) is 0 Å². The molecule has 1 unspecified atom stereocenters. The summed E-state index contributed by atoms with van der Waals surface area (Å²) in [6.07, 6.45) is 5.11. The monoisotopic (exact) mass is 428 g/mol. The van der Waals surface area contributed by atoms with E-state index in [0.717, 1.165) is 19.6 Å². The first kappa shape index (κ1) is 23.5. The first-order valence-electron chi connectivity index (χ1n) is 11.8. The van der Waals surface area contributed by atoms with Gasteiger partial charge in [-0.05, 0) is 63.0 Å². The van der Waals surface area contributed by atoms with Gasteiger partial charge in [0.1, 0.15) is 0 Å². The molecule has 2 fully saturated rings. The van der Waals surface area contributed by atoms with E-state index in [2.05, 4.69) is 51.6 Å². The number of rotatable bonds is 9. The van der Waals surface area contributed by atoms with Gasteiger partial charge in [-0.3, -0.25) is 14.6 Å².